The summed E-state index contributed by atoms with van der Waals surface area (Å²) in [5.74, 6) is 0.108. The normalized spacial score (nSPS) is 28.0. The molecule has 6 heteroatoms. The van der Waals surface area contributed by atoms with E-state index in [1.165, 1.54) is 11.3 Å². The third kappa shape index (κ3) is 2.60. The van der Waals surface area contributed by atoms with Crippen LogP contribution >= 0.6 is 11.3 Å². The first-order valence-electron chi connectivity index (χ1n) is 7.28. The van der Waals surface area contributed by atoms with Crippen molar-refractivity contribution in [1.82, 2.24) is 14.8 Å². The molecule has 1 aliphatic heterocycles. The molecule has 2 heterocycles. The van der Waals surface area contributed by atoms with E-state index in [9.17, 15) is 9.90 Å². The van der Waals surface area contributed by atoms with Crippen LogP contribution in [0.1, 0.15) is 34.6 Å². The van der Waals surface area contributed by atoms with Gasteiger partial charge in [0.25, 0.3) is 5.91 Å². The molecule has 1 aromatic heterocycles. The lowest BCUT2D eigenvalue weighted by atomic mass is 10.1. The fourth-order valence-corrected chi connectivity index (χ4v) is 4.02. The Kier molecular flexibility index (Phi) is 4.05. The highest BCUT2D eigenvalue weighted by Gasteiger charge is 2.33. The molecular weight excluding hydrogens is 274 g/mol. The van der Waals surface area contributed by atoms with Crippen molar-refractivity contribution in [3.63, 3.8) is 0 Å². The zero-order valence-electron chi connectivity index (χ0n) is 11.8. The van der Waals surface area contributed by atoms with Crippen molar-refractivity contribution in [1.29, 1.82) is 0 Å². The van der Waals surface area contributed by atoms with Gasteiger partial charge in [0, 0.05) is 32.2 Å². The number of piperazine rings is 1. The van der Waals surface area contributed by atoms with E-state index in [0.29, 0.717) is 6.04 Å². The molecular formula is C14H21N3O2S. The fourth-order valence-electron chi connectivity index (χ4n) is 3.25. The lowest BCUT2D eigenvalue weighted by Gasteiger charge is -2.39. The Morgan fingerprint density at radius 3 is 2.65 bits per heavy atom. The highest BCUT2D eigenvalue weighted by Crippen LogP contribution is 2.25. The summed E-state index contributed by atoms with van der Waals surface area (Å²) in [5.41, 5.74) is 2.56. The quantitative estimate of drug-likeness (QED) is 0.888. The third-order valence-electron chi connectivity index (χ3n) is 4.45. The van der Waals surface area contributed by atoms with Gasteiger partial charge in [-0.3, -0.25) is 9.69 Å². The molecule has 1 amide bonds. The van der Waals surface area contributed by atoms with Crippen LogP contribution in [0.25, 0.3) is 0 Å². The number of hydrogen-bond acceptors (Lipinski definition) is 5. The second-order valence-electron chi connectivity index (χ2n) is 5.66. The van der Waals surface area contributed by atoms with Crippen molar-refractivity contribution >= 4 is 17.2 Å². The second-order valence-corrected chi connectivity index (χ2v) is 6.52. The number of aliphatic hydroxyl groups excluding tert-OH is 1. The molecule has 1 aliphatic carbocycles. The first-order valence-corrected chi connectivity index (χ1v) is 8.16. The van der Waals surface area contributed by atoms with E-state index in [-0.39, 0.29) is 12.0 Å². The van der Waals surface area contributed by atoms with Crippen LogP contribution in [0, 0.1) is 6.92 Å². The standard InChI is InChI=1S/C14H21N3O2S/c1-10-13(20-9-15-10)14(19)17-7-5-16(6-8-17)11-3-2-4-12(11)18/h9,11-12,18H,2-8H2,1H3/t11-,12-/m1/s1. The third-order valence-corrected chi connectivity index (χ3v) is 5.37. The fraction of sp³-hybridized carbons (Fsp3) is 0.714. The molecule has 0 bridgehead atoms. The Bertz CT molecular complexity index is 483. The van der Waals surface area contributed by atoms with E-state index in [1.807, 2.05) is 11.8 Å². The monoisotopic (exact) mass is 295 g/mol. The number of amides is 1. The van der Waals surface area contributed by atoms with Crippen LogP contribution in [0.4, 0.5) is 0 Å². The topological polar surface area (TPSA) is 56.7 Å². The van der Waals surface area contributed by atoms with Crippen LogP contribution in [0.2, 0.25) is 0 Å². The number of carbonyl (C=O) groups excluding carboxylic acids is 1. The Labute approximate surface area is 123 Å². The van der Waals surface area contributed by atoms with Gasteiger partial charge in [0.15, 0.2) is 0 Å². The highest BCUT2D eigenvalue weighted by molar-refractivity contribution is 7.11. The molecule has 0 radical (unpaired) electrons. The van der Waals surface area contributed by atoms with Gasteiger partial charge in [-0.05, 0) is 26.2 Å². The van der Waals surface area contributed by atoms with Gasteiger partial charge in [0.2, 0.25) is 0 Å². The largest absolute Gasteiger partial charge is 0.391 e. The number of nitrogens with zero attached hydrogens (tertiary/aromatic N) is 3. The van der Waals surface area contributed by atoms with Crippen molar-refractivity contribution in [2.45, 2.75) is 38.3 Å². The summed E-state index contributed by atoms with van der Waals surface area (Å²) in [5, 5.41) is 9.97. The zero-order chi connectivity index (χ0) is 14.1. The average Bonchev–Trinajstić information content (AvgIpc) is 3.07. The molecule has 0 unspecified atom stereocenters. The van der Waals surface area contributed by atoms with Gasteiger partial charge in [0.05, 0.1) is 17.3 Å². The minimum Gasteiger partial charge on any atom is -0.391 e. The van der Waals surface area contributed by atoms with Crippen molar-refractivity contribution in [2.24, 2.45) is 0 Å². The lowest BCUT2D eigenvalue weighted by Crippen LogP contribution is -2.53. The minimum absolute atomic E-state index is 0.108. The first kappa shape index (κ1) is 14.0. The molecule has 5 nitrogen and oxygen atoms in total. The number of carbonyl (C=O) groups is 1. The van der Waals surface area contributed by atoms with Gasteiger partial charge < -0.3 is 10.0 Å². The maximum Gasteiger partial charge on any atom is 0.265 e. The van der Waals surface area contributed by atoms with E-state index >= 15 is 0 Å². The summed E-state index contributed by atoms with van der Waals surface area (Å²) < 4.78 is 0. The summed E-state index contributed by atoms with van der Waals surface area (Å²) >= 11 is 1.42. The molecule has 110 valence electrons. The van der Waals surface area contributed by atoms with Gasteiger partial charge in [-0.1, -0.05) is 0 Å². The van der Waals surface area contributed by atoms with Crippen molar-refractivity contribution in [2.75, 3.05) is 26.2 Å². The van der Waals surface area contributed by atoms with Crippen LogP contribution in [0.5, 0.6) is 0 Å². The molecule has 2 atom stereocenters. The number of aromatic nitrogens is 1. The molecule has 0 aromatic carbocycles. The number of aliphatic hydroxyl groups is 1. The number of rotatable bonds is 2. The molecule has 0 spiro atoms. The number of hydrogen-bond donors (Lipinski definition) is 1. The van der Waals surface area contributed by atoms with Gasteiger partial charge >= 0.3 is 0 Å². The number of aryl methyl sites for hydroxylation is 1. The summed E-state index contributed by atoms with van der Waals surface area (Å²) in [6, 6.07) is 0.303. The predicted octanol–water partition coefficient (Wildman–Crippen LogP) is 1.12. The highest BCUT2D eigenvalue weighted by atomic mass is 32.1. The van der Waals surface area contributed by atoms with Crippen molar-refractivity contribution in [3.05, 3.63) is 16.1 Å². The van der Waals surface area contributed by atoms with Crippen LogP contribution in [0.15, 0.2) is 5.51 Å². The van der Waals surface area contributed by atoms with E-state index in [4.69, 9.17) is 0 Å². The first-order chi connectivity index (χ1) is 9.66. The van der Waals surface area contributed by atoms with Gasteiger partial charge in [0.1, 0.15) is 4.88 Å². The van der Waals surface area contributed by atoms with Crippen LogP contribution < -0.4 is 0 Å². The van der Waals surface area contributed by atoms with Crippen LogP contribution in [-0.2, 0) is 0 Å². The van der Waals surface area contributed by atoms with Crippen LogP contribution in [0.3, 0.4) is 0 Å². The zero-order valence-corrected chi connectivity index (χ0v) is 12.6. The van der Waals surface area contributed by atoms with Crippen molar-refractivity contribution in [3.8, 4) is 0 Å². The summed E-state index contributed by atoms with van der Waals surface area (Å²) in [6.07, 6.45) is 2.94. The van der Waals surface area contributed by atoms with Gasteiger partial charge in [-0.25, -0.2) is 4.98 Å². The Morgan fingerprint density at radius 2 is 2.10 bits per heavy atom. The molecule has 1 aromatic rings. The van der Waals surface area contributed by atoms with Crippen LogP contribution in [-0.4, -0.2) is 64.1 Å². The van der Waals surface area contributed by atoms with E-state index in [1.54, 1.807) is 5.51 Å². The second kappa shape index (κ2) is 5.79. The Balaban J connectivity index is 1.58. The van der Waals surface area contributed by atoms with Gasteiger partial charge in [-0.2, -0.15) is 0 Å². The number of thiazole rings is 1. The summed E-state index contributed by atoms with van der Waals surface area (Å²) in [6.45, 7) is 5.12. The molecule has 1 saturated carbocycles. The maximum absolute atomic E-state index is 12.4. The molecule has 20 heavy (non-hydrogen) atoms. The Morgan fingerprint density at radius 1 is 1.35 bits per heavy atom. The summed E-state index contributed by atoms with van der Waals surface area (Å²) in [7, 11) is 0. The molecule has 2 fully saturated rings. The predicted molar refractivity (Wildman–Crippen MR) is 78.0 cm³/mol. The molecule has 1 N–H and O–H groups in total. The van der Waals surface area contributed by atoms with E-state index in [0.717, 1.165) is 56.0 Å². The van der Waals surface area contributed by atoms with E-state index in [2.05, 4.69) is 9.88 Å². The average molecular weight is 295 g/mol. The SMILES string of the molecule is Cc1ncsc1C(=O)N1CCN([C@@H]2CCC[C@H]2O)CC1. The Hall–Kier alpha value is -0.980. The van der Waals surface area contributed by atoms with E-state index < -0.39 is 0 Å². The molecule has 1 saturated heterocycles. The van der Waals surface area contributed by atoms with Gasteiger partial charge in [-0.15, -0.1) is 11.3 Å². The minimum atomic E-state index is -0.180. The van der Waals surface area contributed by atoms with Crippen molar-refractivity contribution < 1.29 is 9.90 Å². The maximum atomic E-state index is 12.4. The lowest BCUT2D eigenvalue weighted by molar-refractivity contribution is 0.0317. The molecule has 2 aliphatic rings. The summed E-state index contributed by atoms with van der Waals surface area (Å²) in [4.78, 5) is 21.6. The molecule has 3 rings (SSSR count). The smallest absolute Gasteiger partial charge is 0.265 e.